The van der Waals surface area contributed by atoms with Crippen LogP contribution in [0, 0.1) is 0 Å². The molecule has 0 unspecified atom stereocenters. The van der Waals surface area contributed by atoms with Gasteiger partial charge < -0.3 is 14.6 Å². The molecule has 1 saturated heterocycles. The van der Waals surface area contributed by atoms with Gasteiger partial charge >= 0.3 is 0 Å². The van der Waals surface area contributed by atoms with E-state index in [0.29, 0.717) is 17.2 Å². The molecule has 1 N–H and O–H groups in total. The van der Waals surface area contributed by atoms with Crippen LogP contribution in [0.3, 0.4) is 0 Å². The maximum absolute atomic E-state index is 12.8. The van der Waals surface area contributed by atoms with Gasteiger partial charge in [0.15, 0.2) is 6.29 Å². The highest BCUT2D eigenvalue weighted by Crippen LogP contribution is 2.39. The first-order valence-corrected chi connectivity index (χ1v) is 14.9. The van der Waals surface area contributed by atoms with Crippen molar-refractivity contribution in [3.8, 4) is 0 Å². The molecule has 218 valence electrons. The topological polar surface area (TPSA) is 79.3 Å². The van der Waals surface area contributed by atoms with Crippen LogP contribution in [0.4, 0.5) is 0 Å². The zero-order valence-electron chi connectivity index (χ0n) is 23.9. The largest absolute Gasteiger partial charge is 0.392 e. The van der Waals surface area contributed by atoms with Crippen molar-refractivity contribution in [2.24, 2.45) is 0 Å². The molecule has 2 fully saturated rings. The average Bonchev–Trinajstić information content (AvgIpc) is 3.65. The Morgan fingerprint density at radius 2 is 1.48 bits per heavy atom. The summed E-state index contributed by atoms with van der Waals surface area (Å²) in [6, 6.07) is 23.2. The molecule has 0 bridgehead atoms. The minimum Gasteiger partial charge on any atom is -0.392 e. The molecule has 3 aromatic carbocycles. The van der Waals surface area contributed by atoms with Gasteiger partial charge in [0.25, 0.3) is 11.8 Å². The van der Waals surface area contributed by atoms with Crippen LogP contribution in [0.25, 0.3) is 0 Å². The minimum atomic E-state index is -0.561. The molecular formula is C35H38N2O5. The first kappa shape index (κ1) is 28.5. The molecule has 42 heavy (non-hydrogen) atoms. The van der Waals surface area contributed by atoms with Gasteiger partial charge in [-0.25, -0.2) is 0 Å². The molecule has 1 aliphatic carbocycles. The first-order chi connectivity index (χ1) is 20.5. The summed E-state index contributed by atoms with van der Waals surface area (Å²) in [7, 11) is 0. The Hall–Kier alpha value is -3.62. The van der Waals surface area contributed by atoms with Crippen molar-refractivity contribution in [3.05, 3.63) is 119 Å². The summed E-state index contributed by atoms with van der Waals surface area (Å²) in [5.74, 6) is -0.522. The summed E-state index contributed by atoms with van der Waals surface area (Å²) in [4.78, 5) is 29.5. The Kier molecular flexibility index (Phi) is 8.63. The Labute approximate surface area is 247 Å². The second-order valence-corrected chi connectivity index (χ2v) is 11.5. The molecule has 6 rings (SSSR count). The lowest BCUT2D eigenvalue weighted by Crippen LogP contribution is -2.43. The Bertz CT molecular complexity index is 1380. The zero-order chi connectivity index (χ0) is 29.1. The Balaban J connectivity index is 1.20. The Morgan fingerprint density at radius 3 is 2.10 bits per heavy atom. The van der Waals surface area contributed by atoms with Gasteiger partial charge in [0, 0.05) is 31.1 Å². The third kappa shape index (κ3) is 5.96. The van der Waals surface area contributed by atoms with Crippen molar-refractivity contribution in [1.29, 1.82) is 0 Å². The molecule has 7 nitrogen and oxygen atoms in total. The third-order valence-electron chi connectivity index (χ3n) is 8.73. The summed E-state index contributed by atoms with van der Waals surface area (Å²) in [6.45, 7) is 5.85. The van der Waals surface area contributed by atoms with Gasteiger partial charge in [0.05, 0.1) is 36.5 Å². The number of ether oxygens (including phenoxy) is 2. The number of carbonyl (C=O) groups excluding carboxylic acids is 2. The molecule has 0 aromatic heterocycles. The number of nitrogens with zero attached hydrogens (tertiary/aromatic N) is 2. The predicted molar refractivity (Wildman–Crippen MR) is 160 cm³/mol. The predicted octanol–water partition coefficient (Wildman–Crippen LogP) is 5.95. The average molecular weight is 567 g/mol. The molecule has 1 saturated carbocycles. The van der Waals surface area contributed by atoms with E-state index in [0.717, 1.165) is 41.8 Å². The van der Waals surface area contributed by atoms with Crippen LogP contribution in [-0.2, 0) is 22.6 Å². The van der Waals surface area contributed by atoms with Crippen molar-refractivity contribution in [1.82, 2.24) is 9.80 Å². The van der Waals surface area contributed by atoms with Crippen molar-refractivity contribution in [2.45, 2.75) is 69.8 Å². The van der Waals surface area contributed by atoms with Gasteiger partial charge in [-0.1, -0.05) is 79.6 Å². The number of aliphatic hydroxyl groups is 1. The van der Waals surface area contributed by atoms with Crippen LogP contribution in [-0.4, -0.2) is 52.0 Å². The molecule has 2 heterocycles. The van der Waals surface area contributed by atoms with Crippen LogP contribution in [0.5, 0.6) is 0 Å². The van der Waals surface area contributed by atoms with E-state index in [-0.39, 0.29) is 37.2 Å². The van der Waals surface area contributed by atoms with Crippen molar-refractivity contribution in [3.63, 3.8) is 0 Å². The lowest BCUT2D eigenvalue weighted by Gasteiger charge is -2.39. The number of amides is 2. The van der Waals surface area contributed by atoms with E-state index in [2.05, 4.69) is 11.5 Å². The second-order valence-electron chi connectivity index (χ2n) is 11.5. The number of benzene rings is 3. The highest BCUT2D eigenvalue weighted by Gasteiger charge is 2.36. The molecule has 0 spiro atoms. The van der Waals surface area contributed by atoms with Gasteiger partial charge in [-0.05, 0) is 41.7 Å². The smallest absolute Gasteiger partial charge is 0.261 e. The Morgan fingerprint density at radius 1 is 0.857 bits per heavy atom. The highest BCUT2D eigenvalue weighted by molar-refractivity contribution is 6.21. The van der Waals surface area contributed by atoms with E-state index in [1.807, 2.05) is 54.6 Å². The maximum Gasteiger partial charge on any atom is 0.261 e. The number of hydrogen-bond acceptors (Lipinski definition) is 6. The van der Waals surface area contributed by atoms with Crippen LogP contribution >= 0.6 is 0 Å². The second kappa shape index (κ2) is 12.7. The zero-order valence-corrected chi connectivity index (χ0v) is 23.9. The highest BCUT2D eigenvalue weighted by atomic mass is 16.7. The summed E-state index contributed by atoms with van der Waals surface area (Å²) >= 11 is 0. The van der Waals surface area contributed by atoms with Gasteiger partial charge in [-0.2, -0.15) is 0 Å². The van der Waals surface area contributed by atoms with Crippen LogP contribution < -0.4 is 0 Å². The summed E-state index contributed by atoms with van der Waals surface area (Å²) in [5, 5.41) is 9.51. The van der Waals surface area contributed by atoms with Gasteiger partial charge in [-0.3, -0.25) is 19.4 Å². The standard InChI is InChI=1S/C35H38N2O5/c1-2-19-36(28-7-3-4-8-28)22-29-20-32(26-15-13-25(23-38)14-16-26)42-35(41-29)27-17-11-24(12-18-27)21-37-33(39)30-9-5-6-10-31(30)34(37)40/h2,5-6,9-18,28-29,32,35,38H,1,3-4,7-8,19-23H2/t29-,32+,35+/m0/s1. The van der Waals surface area contributed by atoms with Crippen LogP contribution in [0.1, 0.15) is 87.5 Å². The first-order valence-electron chi connectivity index (χ1n) is 14.9. The molecule has 3 aromatic rings. The molecule has 2 aliphatic heterocycles. The van der Waals surface area contributed by atoms with Crippen molar-refractivity contribution < 1.29 is 24.2 Å². The molecule has 0 radical (unpaired) electrons. The number of imide groups is 1. The maximum atomic E-state index is 12.8. The lowest BCUT2D eigenvalue weighted by atomic mass is 9.99. The van der Waals surface area contributed by atoms with Crippen LogP contribution in [0.2, 0.25) is 0 Å². The van der Waals surface area contributed by atoms with E-state index < -0.39 is 6.29 Å². The summed E-state index contributed by atoms with van der Waals surface area (Å²) in [5.41, 5.74) is 4.58. The normalized spacial score (nSPS) is 22.6. The molecule has 2 amide bonds. The van der Waals surface area contributed by atoms with E-state index in [1.54, 1.807) is 24.3 Å². The number of carbonyl (C=O) groups is 2. The fraction of sp³-hybridized carbons (Fsp3) is 0.371. The summed E-state index contributed by atoms with van der Waals surface area (Å²) in [6.07, 6.45) is 6.90. The van der Waals surface area contributed by atoms with E-state index >= 15 is 0 Å². The monoisotopic (exact) mass is 566 g/mol. The van der Waals surface area contributed by atoms with Crippen LogP contribution in [0.15, 0.2) is 85.5 Å². The van der Waals surface area contributed by atoms with E-state index in [4.69, 9.17) is 9.47 Å². The number of fused-ring (bicyclic) bond motifs is 1. The number of hydrogen-bond donors (Lipinski definition) is 1. The van der Waals surface area contributed by atoms with Crippen molar-refractivity contribution >= 4 is 11.8 Å². The summed E-state index contributed by atoms with van der Waals surface area (Å²) < 4.78 is 13.1. The molecule has 3 aliphatic rings. The van der Waals surface area contributed by atoms with Gasteiger partial charge in [0.2, 0.25) is 0 Å². The van der Waals surface area contributed by atoms with Gasteiger partial charge in [-0.15, -0.1) is 6.58 Å². The van der Waals surface area contributed by atoms with Gasteiger partial charge in [0.1, 0.15) is 0 Å². The minimum absolute atomic E-state index is 0.00509. The van der Waals surface area contributed by atoms with E-state index in [1.165, 1.54) is 30.6 Å². The fourth-order valence-electron chi connectivity index (χ4n) is 6.45. The lowest BCUT2D eigenvalue weighted by molar-refractivity contribution is -0.253. The quantitative estimate of drug-likeness (QED) is 0.241. The molecule has 3 atom stereocenters. The third-order valence-corrected chi connectivity index (χ3v) is 8.73. The SMILES string of the molecule is C=CCN(C[C@@H]1C[C@H](c2ccc(CO)cc2)O[C@H](c2ccc(CN3C(=O)c4ccccc4C3=O)cc2)O1)C1CCCC1. The number of aliphatic hydroxyl groups excluding tert-OH is 1. The fourth-order valence-corrected chi connectivity index (χ4v) is 6.45. The molecule has 7 heteroatoms. The van der Waals surface area contributed by atoms with Crippen molar-refractivity contribution in [2.75, 3.05) is 13.1 Å². The molecular weight excluding hydrogens is 528 g/mol. The van der Waals surface area contributed by atoms with E-state index in [9.17, 15) is 14.7 Å². The number of rotatable bonds is 10.